The fourth-order valence-corrected chi connectivity index (χ4v) is 2.50. The third-order valence-corrected chi connectivity index (χ3v) is 3.75. The van der Waals surface area contributed by atoms with Crippen molar-refractivity contribution in [1.29, 1.82) is 0 Å². The van der Waals surface area contributed by atoms with E-state index < -0.39 is 24.1 Å². The second-order valence-electron chi connectivity index (χ2n) is 5.12. The predicted molar refractivity (Wildman–Crippen MR) is 101 cm³/mol. The van der Waals surface area contributed by atoms with Crippen LogP contribution in [0.1, 0.15) is 18.9 Å². The van der Waals surface area contributed by atoms with Crippen LogP contribution in [-0.2, 0) is 9.59 Å². The molecule has 0 atom stereocenters. The van der Waals surface area contributed by atoms with Gasteiger partial charge in [-0.2, -0.15) is 5.10 Å². The summed E-state index contributed by atoms with van der Waals surface area (Å²) in [5, 5.41) is 6.12. The lowest BCUT2D eigenvalue weighted by molar-refractivity contribution is -0.126. The third-order valence-electron chi connectivity index (χ3n) is 3.13. The Kier molecular flexibility index (Phi) is 7.28. The number of carbonyl (C=O) groups is 2. The van der Waals surface area contributed by atoms with Gasteiger partial charge in [-0.3, -0.25) is 9.59 Å². The Morgan fingerprint density at radius 3 is 2.69 bits per heavy atom. The van der Waals surface area contributed by atoms with E-state index in [9.17, 15) is 14.0 Å². The normalized spacial score (nSPS) is 10.6. The number of anilines is 1. The van der Waals surface area contributed by atoms with Gasteiger partial charge in [0, 0.05) is 0 Å². The molecule has 0 aromatic heterocycles. The van der Waals surface area contributed by atoms with Crippen LogP contribution in [0.5, 0.6) is 5.75 Å². The van der Waals surface area contributed by atoms with Crippen LogP contribution in [0.15, 0.2) is 52.0 Å². The fraction of sp³-hybridized carbons (Fsp3) is 0.167. The quantitative estimate of drug-likeness (QED) is 0.408. The summed E-state index contributed by atoms with van der Waals surface area (Å²) in [4.78, 5) is 23.5. The van der Waals surface area contributed by atoms with E-state index in [4.69, 9.17) is 4.74 Å². The van der Waals surface area contributed by atoms with Crippen LogP contribution in [-0.4, -0.2) is 24.6 Å². The molecule has 2 aromatic rings. The number of hydrogen-bond acceptors (Lipinski definition) is 4. The van der Waals surface area contributed by atoms with Gasteiger partial charge in [0.15, 0.2) is 0 Å². The SMILES string of the molecule is CCOc1ccc(C=NNC(=O)CC(=O)Nc2ccccc2F)cc1Br. The van der Waals surface area contributed by atoms with E-state index in [1.54, 1.807) is 24.3 Å². The highest BCUT2D eigenvalue weighted by Crippen LogP contribution is 2.25. The van der Waals surface area contributed by atoms with E-state index in [-0.39, 0.29) is 5.69 Å². The Morgan fingerprint density at radius 1 is 1.23 bits per heavy atom. The number of carbonyl (C=O) groups excluding carboxylic acids is 2. The average molecular weight is 422 g/mol. The first kappa shape index (κ1) is 19.6. The zero-order valence-electron chi connectivity index (χ0n) is 14.0. The van der Waals surface area contributed by atoms with Crippen LogP contribution < -0.4 is 15.5 Å². The zero-order valence-corrected chi connectivity index (χ0v) is 15.5. The first-order chi connectivity index (χ1) is 12.5. The first-order valence-corrected chi connectivity index (χ1v) is 8.57. The van der Waals surface area contributed by atoms with Gasteiger partial charge < -0.3 is 10.1 Å². The van der Waals surface area contributed by atoms with E-state index >= 15 is 0 Å². The number of nitrogens with zero attached hydrogens (tertiary/aromatic N) is 1. The number of hydrogen-bond donors (Lipinski definition) is 2. The van der Waals surface area contributed by atoms with Gasteiger partial charge in [-0.15, -0.1) is 0 Å². The summed E-state index contributed by atoms with van der Waals surface area (Å²) in [5.41, 5.74) is 3.01. The van der Waals surface area contributed by atoms with Crippen molar-refractivity contribution in [2.45, 2.75) is 13.3 Å². The molecule has 0 saturated carbocycles. The Bertz CT molecular complexity index is 827. The molecule has 0 saturated heterocycles. The summed E-state index contributed by atoms with van der Waals surface area (Å²) >= 11 is 3.38. The van der Waals surface area contributed by atoms with Crippen molar-refractivity contribution in [2.75, 3.05) is 11.9 Å². The van der Waals surface area contributed by atoms with Crippen LogP contribution in [0.2, 0.25) is 0 Å². The smallest absolute Gasteiger partial charge is 0.249 e. The number of rotatable bonds is 7. The van der Waals surface area contributed by atoms with Crippen molar-refractivity contribution in [3.05, 3.63) is 58.3 Å². The van der Waals surface area contributed by atoms with Crippen LogP contribution in [0.25, 0.3) is 0 Å². The monoisotopic (exact) mass is 421 g/mol. The van der Waals surface area contributed by atoms with Gasteiger partial charge in [-0.1, -0.05) is 12.1 Å². The van der Waals surface area contributed by atoms with E-state index in [0.717, 1.165) is 10.0 Å². The van der Waals surface area contributed by atoms with Gasteiger partial charge in [0.2, 0.25) is 11.8 Å². The molecule has 0 aliphatic carbocycles. The maximum absolute atomic E-state index is 13.4. The van der Waals surface area contributed by atoms with Crippen molar-refractivity contribution in [1.82, 2.24) is 5.43 Å². The lowest BCUT2D eigenvalue weighted by Gasteiger charge is -2.06. The van der Waals surface area contributed by atoms with Crippen LogP contribution in [0.4, 0.5) is 10.1 Å². The van der Waals surface area contributed by atoms with E-state index in [0.29, 0.717) is 12.4 Å². The molecule has 0 aliphatic heterocycles. The molecular formula is C18H17BrFN3O3. The number of para-hydroxylation sites is 1. The molecule has 8 heteroatoms. The third kappa shape index (κ3) is 5.96. The van der Waals surface area contributed by atoms with Crippen molar-refractivity contribution in [2.24, 2.45) is 5.10 Å². The molecule has 0 aliphatic rings. The Labute approximate surface area is 158 Å². The Balaban J connectivity index is 1.84. The number of hydrazone groups is 1. The van der Waals surface area contributed by atoms with E-state index in [1.165, 1.54) is 24.4 Å². The van der Waals surface area contributed by atoms with Gasteiger partial charge in [0.25, 0.3) is 0 Å². The summed E-state index contributed by atoms with van der Waals surface area (Å²) < 4.78 is 19.6. The molecule has 2 amide bonds. The average Bonchev–Trinajstić information content (AvgIpc) is 2.59. The maximum atomic E-state index is 13.4. The number of ether oxygens (including phenoxy) is 1. The maximum Gasteiger partial charge on any atom is 0.249 e. The molecule has 0 heterocycles. The number of nitrogens with one attached hydrogen (secondary N) is 2. The van der Waals surface area contributed by atoms with Crippen LogP contribution in [0, 0.1) is 5.82 Å². The molecule has 2 rings (SSSR count). The lowest BCUT2D eigenvalue weighted by atomic mass is 10.2. The molecule has 26 heavy (non-hydrogen) atoms. The summed E-state index contributed by atoms with van der Waals surface area (Å²) in [6.45, 7) is 2.44. The fourth-order valence-electron chi connectivity index (χ4n) is 1.99. The highest BCUT2D eigenvalue weighted by molar-refractivity contribution is 9.10. The number of halogens is 2. The Morgan fingerprint density at radius 2 is 2.00 bits per heavy atom. The molecular weight excluding hydrogens is 405 g/mol. The second kappa shape index (κ2) is 9.67. The molecule has 0 spiro atoms. The molecule has 2 aromatic carbocycles. The minimum absolute atomic E-state index is 0.0213. The van der Waals surface area contributed by atoms with Gasteiger partial charge in [-0.05, 0) is 58.7 Å². The second-order valence-corrected chi connectivity index (χ2v) is 5.98. The van der Waals surface area contributed by atoms with Gasteiger partial charge in [0.05, 0.1) is 23.0 Å². The van der Waals surface area contributed by atoms with Crippen LogP contribution >= 0.6 is 15.9 Å². The molecule has 6 nitrogen and oxygen atoms in total. The summed E-state index contributed by atoms with van der Waals surface area (Å²) in [7, 11) is 0. The molecule has 0 unspecified atom stereocenters. The minimum atomic E-state index is -0.633. The van der Waals surface area contributed by atoms with E-state index in [1.807, 2.05) is 6.92 Å². The van der Waals surface area contributed by atoms with Crippen molar-refractivity contribution >= 4 is 39.6 Å². The molecule has 2 N–H and O–H groups in total. The molecule has 136 valence electrons. The Hall–Kier alpha value is -2.74. The molecule has 0 fully saturated rings. The summed E-state index contributed by atoms with van der Waals surface area (Å²) in [6.07, 6.45) is 0.964. The first-order valence-electron chi connectivity index (χ1n) is 7.78. The van der Waals surface area contributed by atoms with Crippen molar-refractivity contribution in [3.8, 4) is 5.75 Å². The summed E-state index contributed by atoms with van der Waals surface area (Å²) in [5.74, 6) is -1.11. The van der Waals surface area contributed by atoms with E-state index in [2.05, 4.69) is 31.8 Å². The van der Waals surface area contributed by atoms with Gasteiger partial charge in [-0.25, -0.2) is 9.82 Å². The molecule has 0 bridgehead atoms. The minimum Gasteiger partial charge on any atom is -0.493 e. The topological polar surface area (TPSA) is 79.8 Å². The van der Waals surface area contributed by atoms with Crippen molar-refractivity contribution < 1.29 is 18.7 Å². The lowest BCUT2D eigenvalue weighted by Crippen LogP contribution is -2.24. The van der Waals surface area contributed by atoms with Crippen molar-refractivity contribution in [3.63, 3.8) is 0 Å². The summed E-state index contributed by atoms with van der Waals surface area (Å²) in [6, 6.07) is 11.0. The van der Waals surface area contributed by atoms with Gasteiger partial charge in [0.1, 0.15) is 18.0 Å². The van der Waals surface area contributed by atoms with Crippen LogP contribution in [0.3, 0.4) is 0 Å². The standard InChI is InChI=1S/C18H17BrFN3O3/c1-2-26-16-8-7-12(9-13(16)19)11-21-23-18(25)10-17(24)22-15-6-4-3-5-14(15)20/h3-9,11H,2,10H2,1H3,(H,22,24)(H,23,25). The van der Waals surface area contributed by atoms with Gasteiger partial charge >= 0.3 is 0 Å². The predicted octanol–water partition coefficient (Wildman–Crippen LogP) is 3.47. The largest absolute Gasteiger partial charge is 0.493 e. The number of amides is 2. The highest BCUT2D eigenvalue weighted by atomic mass is 79.9. The molecule has 0 radical (unpaired) electrons. The zero-order chi connectivity index (χ0) is 18.9. The highest BCUT2D eigenvalue weighted by Gasteiger charge is 2.11. The number of benzene rings is 2.